The summed E-state index contributed by atoms with van der Waals surface area (Å²) in [6.07, 6.45) is 4.20. The van der Waals surface area contributed by atoms with Crippen molar-refractivity contribution in [2.75, 3.05) is 0 Å². The fourth-order valence-corrected chi connectivity index (χ4v) is 4.01. The Balaban J connectivity index is 1.71. The average Bonchev–Trinajstić information content (AvgIpc) is 3.26. The summed E-state index contributed by atoms with van der Waals surface area (Å²) >= 11 is 0. The first kappa shape index (κ1) is 27.9. The van der Waals surface area contributed by atoms with Gasteiger partial charge in [0.2, 0.25) is 0 Å². The maximum Gasteiger partial charge on any atom is 0.416 e. The molecule has 1 aromatic heterocycles. The lowest BCUT2D eigenvalue weighted by Crippen LogP contribution is -2.35. The van der Waals surface area contributed by atoms with Crippen molar-refractivity contribution in [2.45, 2.75) is 71.1 Å². The molecular formula is C29H30F3NO4. The van der Waals surface area contributed by atoms with Gasteiger partial charge in [0.05, 0.1) is 11.8 Å². The van der Waals surface area contributed by atoms with Crippen molar-refractivity contribution < 1.29 is 32.3 Å². The first-order valence-electron chi connectivity index (χ1n) is 12.3. The molecular weight excluding hydrogens is 483 g/mol. The molecule has 1 N–H and O–H groups in total. The third-order valence-corrected chi connectivity index (χ3v) is 6.02. The number of alkyl halides is 3. The van der Waals surface area contributed by atoms with E-state index in [9.17, 15) is 27.9 Å². The fourth-order valence-electron chi connectivity index (χ4n) is 4.01. The monoisotopic (exact) mass is 513 g/mol. The zero-order valence-corrected chi connectivity index (χ0v) is 20.7. The van der Waals surface area contributed by atoms with E-state index in [1.54, 1.807) is 18.4 Å². The number of carbonyl (C=O) groups excluding carboxylic acids is 1. The van der Waals surface area contributed by atoms with Crippen LogP contribution in [0.15, 0.2) is 53.1 Å². The maximum atomic E-state index is 12.9. The van der Waals surface area contributed by atoms with E-state index >= 15 is 0 Å². The molecule has 0 aliphatic carbocycles. The van der Waals surface area contributed by atoms with Crippen LogP contribution in [0.25, 0.3) is 11.0 Å². The molecule has 8 heteroatoms. The zero-order valence-electron chi connectivity index (χ0n) is 20.7. The highest BCUT2D eigenvalue weighted by Gasteiger charge is 2.30. The van der Waals surface area contributed by atoms with Crippen molar-refractivity contribution in [1.29, 1.82) is 0 Å². The van der Waals surface area contributed by atoms with Crippen LogP contribution in [0.5, 0.6) is 0 Å². The Bertz CT molecular complexity index is 1270. The van der Waals surface area contributed by atoms with Crippen LogP contribution in [0.3, 0.4) is 0 Å². The van der Waals surface area contributed by atoms with Crippen LogP contribution in [-0.2, 0) is 35.3 Å². The van der Waals surface area contributed by atoms with E-state index < -0.39 is 23.6 Å². The van der Waals surface area contributed by atoms with Gasteiger partial charge < -0.3 is 14.4 Å². The molecule has 1 heterocycles. The van der Waals surface area contributed by atoms with Crippen molar-refractivity contribution in [3.05, 3.63) is 71.0 Å². The van der Waals surface area contributed by atoms with Crippen LogP contribution in [0.2, 0.25) is 0 Å². The van der Waals surface area contributed by atoms with Gasteiger partial charge in [0.15, 0.2) is 0 Å². The number of furan rings is 1. The Morgan fingerprint density at radius 2 is 1.62 bits per heavy atom. The van der Waals surface area contributed by atoms with Gasteiger partial charge in [-0.2, -0.15) is 13.2 Å². The maximum absolute atomic E-state index is 12.9. The smallest absolute Gasteiger partial charge is 0.416 e. The van der Waals surface area contributed by atoms with E-state index in [0.717, 1.165) is 40.8 Å². The zero-order chi connectivity index (χ0) is 26.8. The van der Waals surface area contributed by atoms with E-state index in [-0.39, 0.29) is 13.1 Å². The van der Waals surface area contributed by atoms with E-state index in [2.05, 4.69) is 18.8 Å². The molecule has 0 saturated carbocycles. The molecule has 0 saturated heterocycles. The number of hydrogen-bond donors (Lipinski definition) is 1. The van der Waals surface area contributed by atoms with Crippen LogP contribution in [0.4, 0.5) is 13.2 Å². The van der Waals surface area contributed by atoms with Gasteiger partial charge in [0.1, 0.15) is 5.58 Å². The number of amides is 1. The number of aryl methyl sites for hydroxylation is 1. The summed E-state index contributed by atoms with van der Waals surface area (Å²) in [6, 6.07) is 9.66. The summed E-state index contributed by atoms with van der Waals surface area (Å²) in [5, 5.41) is 10.1. The number of rotatable bonds is 10. The molecule has 0 fully saturated rings. The lowest BCUT2D eigenvalue weighted by molar-refractivity contribution is -0.156. The van der Waals surface area contributed by atoms with Gasteiger partial charge in [-0.05, 0) is 53.8 Å². The van der Waals surface area contributed by atoms with Gasteiger partial charge in [-0.15, -0.1) is 11.8 Å². The number of halogens is 3. The molecule has 0 unspecified atom stereocenters. The summed E-state index contributed by atoms with van der Waals surface area (Å²) in [6.45, 7) is 2.00. The summed E-state index contributed by atoms with van der Waals surface area (Å²) in [7, 11) is 0. The van der Waals surface area contributed by atoms with Crippen LogP contribution >= 0.6 is 0 Å². The number of fused-ring (bicyclic) bond motifs is 1. The normalized spacial score (nSPS) is 11.2. The van der Waals surface area contributed by atoms with E-state index in [4.69, 9.17) is 4.42 Å². The second-order valence-corrected chi connectivity index (χ2v) is 8.92. The molecule has 2 aromatic carbocycles. The molecule has 0 bridgehead atoms. The standard InChI is InChI=1S/C29H30F3NO4/c1-2-3-4-5-6-7-8-9-10-23-20-37-26-16-13-22(17-25(23)26)19-33(27(34)28(35)36)18-21-11-14-24(15-12-21)29(30,31)32/h11-17,20H,2-6,9-10,18-19H2,1H3,(H,35,36). The number of aliphatic carboxylic acids is 1. The van der Waals surface area contributed by atoms with Crippen LogP contribution in [0.1, 0.15) is 67.7 Å². The predicted molar refractivity (Wildman–Crippen MR) is 134 cm³/mol. The van der Waals surface area contributed by atoms with Crippen molar-refractivity contribution in [1.82, 2.24) is 4.90 Å². The minimum absolute atomic E-state index is 0.0235. The van der Waals surface area contributed by atoms with Gasteiger partial charge in [0.25, 0.3) is 0 Å². The first-order chi connectivity index (χ1) is 17.7. The number of benzene rings is 2. The molecule has 0 aliphatic rings. The minimum Gasteiger partial charge on any atom is -0.474 e. The molecule has 196 valence electrons. The van der Waals surface area contributed by atoms with Crippen molar-refractivity contribution in [3.8, 4) is 11.8 Å². The summed E-state index contributed by atoms with van der Waals surface area (Å²) < 4.78 is 44.2. The highest BCUT2D eigenvalue weighted by Crippen LogP contribution is 2.29. The average molecular weight is 514 g/mol. The molecule has 3 rings (SSSR count). The number of carbonyl (C=O) groups is 2. The molecule has 3 aromatic rings. The van der Waals surface area contributed by atoms with Crippen molar-refractivity contribution >= 4 is 22.8 Å². The predicted octanol–water partition coefficient (Wildman–Crippen LogP) is 6.97. The second kappa shape index (κ2) is 13.0. The third kappa shape index (κ3) is 8.14. The molecule has 0 radical (unpaired) electrons. The summed E-state index contributed by atoms with van der Waals surface area (Å²) in [5.74, 6) is 3.64. The fraction of sp³-hybridized carbons (Fsp3) is 0.379. The Morgan fingerprint density at radius 3 is 2.30 bits per heavy atom. The first-order valence-corrected chi connectivity index (χ1v) is 12.3. The largest absolute Gasteiger partial charge is 0.474 e. The van der Waals surface area contributed by atoms with E-state index in [1.165, 1.54) is 31.4 Å². The number of unbranched alkanes of at least 4 members (excludes halogenated alkanes) is 4. The highest BCUT2D eigenvalue weighted by molar-refractivity contribution is 6.31. The molecule has 0 aliphatic heterocycles. The molecule has 5 nitrogen and oxygen atoms in total. The number of carboxylic acid groups (broad SMARTS) is 1. The van der Waals surface area contributed by atoms with Crippen LogP contribution in [-0.4, -0.2) is 21.9 Å². The van der Waals surface area contributed by atoms with Crippen LogP contribution < -0.4 is 0 Å². The highest BCUT2D eigenvalue weighted by atomic mass is 19.4. The van der Waals surface area contributed by atoms with Gasteiger partial charge in [-0.1, -0.05) is 44.4 Å². The quantitative estimate of drug-likeness (QED) is 0.181. The van der Waals surface area contributed by atoms with E-state index in [0.29, 0.717) is 29.6 Å². The number of nitrogens with zero attached hydrogens (tertiary/aromatic N) is 1. The van der Waals surface area contributed by atoms with Gasteiger partial charge >= 0.3 is 18.1 Å². The Kier molecular flexibility index (Phi) is 9.78. The lowest BCUT2D eigenvalue weighted by atomic mass is 10.0. The number of hydrogen-bond acceptors (Lipinski definition) is 3. The third-order valence-electron chi connectivity index (χ3n) is 6.02. The SMILES string of the molecule is CCCCCCC#CCCc1coc2ccc(CN(Cc3ccc(C(F)(F)F)cc3)C(=O)C(=O)O)cc12. The van der Waals surface area contributed by atoms with Gasteiger partial charge in [0, 0.05) is 31.3 Å². The van der Waals surface area contributed by atoms with Crippen LogP contribution in [0, 0.1) is 11.8 Å². The molecule has 0 atom stereocenters. The van der Waals surface area contributed by atoms with E-state index in [1.807, 2.05) is 6.07 Å². The lowest BCUT2D eigenvalue weighted by Gasteiger charge is -2.21. The summed E-state index contributed by atoms with van der Waals surface area (Å²) in [4.78, 5) is 24.9. The summed E-state index contributed by atoms with van der Waals surface area (Å²) in [5.41, 5.74) is 1.90. The topological polar surface area (TPSA) is 70.8 Å². The number of carboxylic acids is 1. The molecule has 0 spiro atoms. The Morgan fingerprint density at radius 1 is 0.946 bits per heavy atom. The Hall–Kier alpha value is -3.73. The molecule has 1 amide bonds. The second-order valence-electron chi connectivity index (χ2n) is 8.92. The van der Waals surface area contributed by atoms with Crippen molar-refractivity contribution in [3.63, 3.8) is 0 Å². The van der Waals surface area contributed by atoms with Crippen molar-refractivity contribution in [2.24, 2.45) is 0 Å². The minimum atomic E-state index is -4.48. The molecule has 37 heavy (non-hydrogen) atoms. The Labute approximate surface area is 214 Å². The van der Waals surface area contributed by atoms with Gasteiger partial charge in [-0.3, -0.25) is 4.79 Å². The van der Waals surface area contributed by atoms with Gasteiger partial charge in [-0.25, -0.2) is 4.79 Å².